The number of hydrogen-bond donors (Lipinski definition) is 1. The van der Waals surface area contributed by atoms with Crippen LogP contribution < -0.4 is 5.32 Å². The lowest BCUT2D eigenvalue weighted by Gasteiger charge is -2.28. The summed E-state index contributed by atoms with van der Waals surface area (Å²) in [6.07, 6.45) is 5.11. The van der Waals surface area contributed by atoms with E-state index in [1.165, 1.54) is 42.4 Å². The van der Waals surface area contributed by atoms with E-state index in [9.17, 15) is 4.79 Å². The van der Waals surface area contributed by atoms with Crippen molar-refractivity contribution in [3.63, 3.8) is 0 Å². The van der Waals surface area contributed by atoms with Gasteiger partial charge in [-0.15, -0.1) is 0 Å². The lowest BCUT2D eigenvalue weighted by molar-refractivity contribution is -0.116. The molecule has 1 aliphatic rings. The summed E-state index contributed by atoms with van der Waals surface area (Å²) in [4.78, 5) is 11.0. The second-order valence-electron chi connectivity index (χ2n) is 6.38. The van der Waals surface area contributed by atoms with Crippen LogP contribution in [0.4, 0.5) is 0 Å². The Morgan fingerprint density at radius 1 is 1.21 bits per heavy atom. The van der Waals surface area contributed by atoms with E-state index in [1.807, 2.05) is 0 Å². The van der Waals surface area contributed by atoms with Gasteiger partial charge < -0.3 is 5.32 Å². The minimum Gasteiger partial charge on any atom is -0.309 e. The topological polar surface area (TPSA) is 29.1 Å². The van der Waals surface area contributed by atoms with E-state index in [0.29, 0.717) is 6.54 Å². The minimum atomic E-state index is 0.0714. The average molecular weight is 259 g/mol. The maximum absolute atomic E-state index is 11.0. The molecular weight excluding hydrogens is 234 g/mol. The molecular formula is C17H25NO. The third kappa shape index (κ3) is 3.66. The van der Waals surface area contributed by atoms with E-state index in [0.717, 1.165) is 6.54 Å². The van der Waals surface area contributed by atoms with Crippen molar-refractivity contribution < 1.29 is 4.79 Å². The van der Waals surface area contributed by atoms with Crippen molar-refractivity contribution in [1.82, 2.24) is 5.32 Å². The fraction of sp³-hybridized carbons (Fsp3) is 0.588. The largest absolute Gasteiger partial charge is 0.309 e. The zero-order chi connectivity index (χ0) is 13.9. The van der Waals surface area contributed by atoms with Gasteiger partial charge in [-0.3, -0.25) is 4.79 Å². The summed E-state index contributed by atoms with van der Waals surface area (Å²) < 4.78 is 0. The molecule has 104 valence electrons. The van der Waals surface area contributed by atoms with Crippen molar-refractivity contribution in [3.8, 4) is 0 Å². The molecule has 0 saturated heterocycles. The fourth-order valence-electron chi connectivity index (χ4n) is 2.81. The first-order chi connectivity index (χ1) is 8.99. The van der Waals surface area contributed by atoms with Gasteiger partial charge >= 0.3 is 0 Å². The smallest absolute Gasteiger partial charge is 0.143 e. The monoisotopic (exact) mass is 259 g/mol. The molecule has 0 unspecified atom stereocenters. The average Bonchev–Trinajstić information content (AvgIpc) is 2.37. The Morgan fingerprint density at radius 3 is 2.58 bits per heavy atom. The van der Waals surface area contributed by atoms with Crippen molar-refractivity contribution in [2.24, 2.45) is 0 Å². The second kappa shape index (κ2) is 5.87. The van der Waals surface area contributed by atoms with E-state index < -0.39 is 0 Å². The molecule has 0 aromatic heterocycles. The van der Waals surface area contributed by atoms with Crippen LogP contribution in [0.25, 0.3) is 0 Å². The first-order valence-electron chi connectivity index (χ1n) is 7.31. The number of carbonyl (C=O) groups is 1. The van der Waals surface area contributed by atoms with Crippen molar-refractivity contribution in [3.05, 3.63) is 34.9 Å². The van der Waals surface area contributed by atoms with Crippen molar-refractivity contribution in [2.75, 3.05) is 13.1 Å². The number of nitrogens with one attached hydrogen (secondary N) is 1. The molecule has 2 heteroatoms. The van der Waals surface area contributed by atoms with Gasteiger partial charge in [-0.2, -0.15) is 0 Å². The summed E-state index contributed by atoms with van der Waals surface area (Å²) in [6.45, 7) is 7.41. The van der Waals surface area contributed by atoms with Gasteiger partial charge in [0.15, 0.2) is 0 Å². The fourth-order valence-corrected chi connectivity index (χ4v) is 2.81. The van der Waals surface area contributed by atoms with E-state index in [1.54, 1.807) is 6.92 Å². The van der Waals surface area contributed by atoms with Crippen LogP contribution in [0.3, 0.4) is 0 Å². The lowest BCUT2D eigenvalue weighted by Crippen LogP contribution is -2.35. The number of hydrogen-bond acceptors (Lipinski definition) is 2. The molecule has 0 atom stereocenters. The molecule has 1 N–H and O–H groups in total. The zero-order valence-corrected chi connectivity index (χ0v) is 12.4. The first kappa shape index (κ1) is 14.3. The Labute approximate surface area is 116 Å². The highest BCUT2D eigenvalue weighted by atomic mass is 16.1. The highest BCUT2D eigenvalue weighted by Gasteiger charge is 2.22. The normalized spacial score (nSPS) is 15.1. The maximum Gasteiger partial charge on any atom is 0.143 e. The molecule has 0 amide bonds. The summed E-state index contributed by atoms with van der Waals surface area (Å²) in [6, 6.07) is 6.94. The summed E-state index contributed by atoms with van der Waals surface area (Å²) in [5, 5.41) is 3.25. The Bertz CT molecular complexity index is 462. The van der Waals surface area contributed by atoms with Crippen LogP contribution in [0.1, 0.15) is 50.3 Å². The second-order valence-corrected chi connectivity index (χ2v) is 6.38. The molecule has 0 aliphatic heterocycles. The third-order valence-electron chi connectivity index (χ3n) is 4.07. The Morgan fingerprint density at radius 2 is 1.89 bits per heavy atom. The molecule has 0 bridgehead atoms. The van der Waals surface area contributed by atoms with Gasteiger partial charge in [0.25, 0.3) is 0 Å². The van der Waals surface area contributed by atoms with Crippen LogP contribution in [-0.2, 0) is 23.1 Å². The van der Waals surface area contributed by atoms with Gasteiger partial charge in [-0.25, -0.2) is 0 Å². The number of rotatable bonds is 5. The number of ketones is 1. The molecule has 1 aromatic carbocycles. The van der Waals surface area contributed by atoms with Crippen LogP contribution in [0.2, 0.25) is 0 Å². The van der Waals surface area contributed by atoms with Crippen LogP contribution in [0.15, 0.2) is 18.2 Å². The van der Waals surface area contributed by atoms with Gasteiger partial charge in [0.1, 0.15) is 5.78 Å². The van der Waals surface area contributed by atoms with E-state index in [2.05, 4.69) is 37.4 Å². The molecule has 2 rings (SSSR count). The minimum absolute atomic E-state index is 0.0714. The lowest BCUT2D eigenvalue weighted by atomic mass is 9.80. The standard InChI is InChI=1S/C17H25NO/c1-13(19)11-18-12-17(2,3)16-9-8-14-6-4-5-7-15(14)10-16/h8-10,18H,4-7,11-12H2,1-3H3. The van der Waals surface area contributed by atoms with Crippen molar-refractivity contribution in [1.29, 1.82) is 0 Å². The summed E-state index contributed by atoms with van der Waals surface area (Å²) in [5.41, 5.74) is 4.51. The Kier molecular flexibility index (Phi) is 4.41. The number of carbonyl (C=O) groups excluding carboxylic acids is 1. The number of benzene rings is 1. The third-order valence-corrected chi connectivity index (χ3v) is 4.07. The van der Waals surface area contributed by atoms with Crippen LogP contribution in [-0.4, -0.2) is 18.9 Å². The zero-order valence-electron chi connectivity index (χ0n) is 12.4. The van der Waals surface area contributed by atoms with Crippen LogP contribution >= 0.6 is 0 Å². The number of fused-ring (bicyclic) bond motifs is 1. The van der Waals surface area contributed by atoms with Gasteiger partial charge in [0.2, 0.25) is 0 Å². The molecule has 0 fully saturated rings. The number of Topliss-reactive ketones (excluding diaryl/α,β-unsaturated/α-hetero) is 1. The molecule has 0 heterocycles. The predicted octanol–water partition coefficient (Wildman–Crippen LogP) is 3.02. The predicted molar refractivity (Wildman–Crippen MR) is 79.7 cm³/mol. The van der Waals surface area contributed by atoms with E-state index in [4.69, 9.17) is 0 Å². The highest BCUT2D eigenvalue weighted by Crippen LogP contribution is 2.28. The molecule has 0 spiro atoms. The SMILES string of the molecule is CC(=O)CNCC(C)(C)c1ccc2c(c1)CCCC2. The van der Waals surface area contributed by atoms with E-state index in [-0.39, 0.29) is 11.2 Å². The maximum atomic E-state index is 11.0. The van der Waals surface area contributed by atoms with Crippen LogP contribution in [0, 0.1) is 0 Å². The van der Waals surface area contributed by atoms with Crippen LogP contribution in [0.5, 0.6) is 0 Å². The van der Waals surface area contributed by atoms with Gasteiger partial charge in [-0.05, 0) is 49.3 Å². The molecule has 2 nitrogen and oxygen atoms in total. The van der Waals surface area contributed by atoms with E-state index >= 15 is 0 Å². The summed E-state index contributed by atoms with van der Waals surface area (Å²) in [7, 11) is 0. The molecule has 1 aliphatic carbocycles. The van der Waals surface area contributed by atoms with Gasteiger partial charge in [0.05, 0.1) is 6.54 Å². The molecule has 0 saturated carbocycles. The number of aryl methyl sites for hydroxylation is 2. The van der Waals surface area contributed by atoms with Crippen molar-refractivity contribution >= 4 is 5.78 Å². The molecule has 0 radical (unpaired) electrons. The van der Waals surface area contributed by atoms with Crippen molar-refractivity contribution in [2.45, 2.75) is 51.9 Å². The molecule has 19 heavy (non-hydrogen) atoms. The summed E-state index contributed by atoms with van der Waals surface area (Å²) in [5.74, 6) is 0.196. The van der Waals surface area contributed by atoms with Gasteiger partial charge in [0, 0.05) is 12.0 Å². The Hall–Kier alpha value is -1.15. The summed E-state index contributed by atoms with van der Waals surface area (Å²) >= 11 is 0. The highest BCUT2D eigenvalue weighted by molar-refractivity contribution is 5.77. The Balaban J connectivity index is 2.09. The van der Waals surface area contributed by atoms with Gasteiger partial charge in [-0.1, -0.05) is 32.0 Å². The molecule has 1 aromatic rings. The quantitative estimate of drug-likeness (QED) is 0.880. The first-order valence-corrected chi connectivity index (χ1v) is 7.31.